The van der Waals surface area contributed by atoms with Crippen molar-refractivity contribution in [2.75, 3.05) is 47.4 Å². The van der Waals surface area contributed by atoms with Crippen LogP contribution >= 0.6 is 0 Å². The Labute approximate surface area is 258 Å². The number of hydrogen-bond donors (Lipinski definition) is 2. The first-order valence-electron chi connectivity index (χ1n) is 14.9. The molecule has 2 saturated heterocycles. The summed E-state index contributed by atoms with van der Waals surface area (Å²) < 4.78 is 59.9. The highest BCUT2D eigenvalue weighted by Gasteiger charge is 2.37. The van der Waals surface area contributed by atoms with Gasteiger partial charge in [0.1, 0.15) is 23.7 Å². The molecule has 2 N–H and O–H groups in total. The van der Waals surface area contributed by atoms with Crippen molar-refractivity contribution in [1.29, 1.82) is 0 Å². The fourth-order valence-corrected chi connectivity index (χ4v) is 6.20. The van der Waals surface area contributed by atoms with E-state index in [2.05, 4.69) is 32.1 Å². The van der Waals surface area contributed by atoms with Crippen LogP contribution in [0.15, 0.2) is 55.4 Å². The highest BCUT2D eigenvalue weighted by atomic mass is 19.4. The zero-order valence-electron chi connectivity index (χ0n) is 24.7. The van der Waals surface area contributed by atoms with Gasteiger partial charge in [0.25, 0.3) is 0 Å². The van der Waals surface area contributed by atoms with Crippen molar-refractivity contribution >= 4 is 34.6 Å². The van der Waals surface area contributed by atoms with E-state index in [4.69, 9.17) is 9.57 Å². The first-order valence-corrected chi connectivity index (χ1v) is 14.9. The van der Waals surface area contributed by atoms with Gasteiger partial charge in [0.2, 0.25) is 5.91 Å². The monoisotopic (exact) mass is 626 g/mol. The number of ether oxygens (including phenoxy) is 1. The molecule has 0 radical (unpaired) electrons. The zero-order chi connectivity index (χ0) is 31.7. The Morgan fingerprint density at radius 2 is 1.80 bits per heavy atom. The molecule has 1 aromatic heterocycles. The number of alkyl halides is 3. The summed E-state index contributed by atoms with van der Waals surface area (Å²) in [7, 11) is 1.55. The van der Waals surface area contributed by atoms with Crippen LogP contribution in [0.2, 0.25) is 0 Å². The molecule has 3 aliphatic rings. The van der Waals surface area contributed by atoms with E-state index in [-0.39, 0.29) is 18.1 Å². The molecule has 3 aromatic rings. The van der Waals surface area contributed by atoms with E-state index in [0.29, 0.717) is 35.2 Å². The lowest BCUT2D eigenvalue weighted by Gasteiger charge is -2.35. The quantitative estimate of drug-likeness (QED) is 0.194. The first-order chi connectivity index (χ1) is 21.6. The fraction of sp³-hybridized carbons (Fsp3) is 0.406. The van der Waals surface area contributed by atoms with Crippen molar-refractivity contribution in [2.45, 2.75) is 44.3 Å². The maximum atomic E-state index is 14.0. The van der Waals surface area contributed by atoms with Gasteiger partial charge < -0.3 is 20.3 Å². The van der Waals surface area contributed by atoms with Crippen LogP contribution in [0.4, 0.5) is 46.3 Å². The Hall–Kier alpha value is -4.39. The zero-order valence-corrected chi connectivity index (χ0v) is 24.7. The Morgan fingerprint density at radius 3 is 2.49 bits per heavy atom. The minimum atomic E-state index is -4.83. The van der Waals surface area contributed by atoms with Gasteiger partial charge in [-0.3, -0.25) is 9.63 Å². The second-order valence-electron chi connectivity index (χ2n) is 11.5. The summed E-state index contributed by atoms with van der Waals surface area (Å²) in [5, 5.41) is 7.54. The number of methoxy groups -OCH3 is 1. The van der Waals surface area contributed by atoms with Gasteiger partial charge >= 0.3 is 6.18 Å². The summed E-state index contributed by atoms with van der Waals surface area (Å²) in [6, 6.07) is 7.55. The highest BCUT2D eigenvalue weighted by molar-refractivity contribution is 6.02. The standard InChI is InChI=1S/C32H34F4N6O3/c1-3-31(43)40-24-15-25(28(44-2)16-27(24)41-11-8-20(9-12-41)19-4-5-19)39-29-17-30(38-18-37-29)42-26(10-13-45-42)21-6-7-23(33)22(14-21)32(34,35)36/h3,6-7,14-20,26H,1,4-5,8-13H2,2H3,(H,40,43)(H,37,38,39)/t26-/m1/s1. The van der Waals surface area contributed by atoms with Crippen LogP contribution < -0.4 is 25.3 Å². The fourth-order valence-electron chi connectivity index (χ4n) is 6.20. The molecule has 6 rings (SSSR count). The number of carbonyl (C=O) groups excluding carboxylic acids is 1. The molecule has 1 atom stereocenters. The van der Waals surface area contributed by atoms with Crippen LogP contribution in [0.25, 0.3) is 0 Å². The predicted octanol–water partition coefficient (Wildman–Crippen LogP) is 7.02. The van der Waals surface area contributed by atoms with E-state index in [1.807, 2.05) is 6.07 Å². The molecule has 1 amide bonds. The van der Waals surface area contributed by atoms with E-state index in [1.165, 1.54) is 36.4 Å². The number of anilines is 5. The summed E-state index contributed by atoms with van der Waals surface area (Å²) in [5.41, 5.74) is 0.859. The molecule has 3 heterocycles. The SMILES string of the molecule is C=CC(=O)Nc1cc(Nc2cc(N3OCC[C@@H]3c3ccc(F)c(C(F)(F)F)c3)ncn2)c(OC)cc1N1CCC(C2CC2)CC1. The number of halogens is 4. The lowest BCUT2D eigenvalue weighted by molar-refractivity contribution is -0.140. The molecular weight excluding hydrogens is 592 g/mol. The number of nitrogens with zero attached hydrogens (tertiary/aromatic N) is 4. The van der Waals surface area contributed by atoms with E-state index in [0.717, 1.165) is 55.6 Å². The topological polar surface area (TPSA) is 91.9 Å². The smallest absolute Gasteiger partial charge is 0.419 e. The van der Waals surface area contributed by atoms with E-state index >= 15 is 0 Å². The van der Waals surface area contributed by atoms with Crippen molar-refractivity contribution in [1.82, 2.24) is 9.97 Å². The summed E-state index contributed by atoms with van der Waals surface area (Å²) in [4.78, 5) is 29.0. The van der Waals surface area contributed by atoms with Crippen LogP contribution in [-0.2, 0) is 15.8 Å². The number of hydroxylamine groups is 1. The summed E-state index contributed by atoms with van der Waals surface area (Å²) in [6.45, 7) is 5.56. The molecule has 1 aliphatic carbocycles. The minimum absolute atomic E-state index is 0.232. The van der Waals surface area contributed by atoms with E-state index < -0.39 is 23.6 Å². The average Bonchev–Trinajstić information content (AvgIpc) is 3.77. The van der Waals surface area contributed by atoms with Crippen molar-refractivity contribution in [3.63, 3.8) is 0 Å². The predicted molar refractivity (Wildman–Crippen MR) is 162 cm³/mol. The van der Waals surface area contributed by atoms with Gasteiger partial charge in [-0.25, -0.2) is 19.4 Å². The van der Waals surface area contributed by atoms with Crippen molar-refractivity contribution in [3.05, 3.63) is 72.3 Å². The second-order valence-corrected chi connectivity index (χ2v) is 11.5. The highest BCUT2D eigenvalue weighted by Crippen LogP contribution is 2.45. The molecule has 0 spiro atoms. The van der Waals surface area contributed by atoms with Gasteiger partial charge in [-0.1, -0.05) is 12.6 Å². The minimum Gasteiger partial charge on any atom is -0.494 e. The molecule has 9 nitrogen and oxygen atoms in total. The van der Waals surface area contributed by atoms with Crippen molar-refractivity contribution < 1.29 is 31.9 Å². The van der Waals surface area contributed by atoms with Crippen LogP contribution in [-0.4, -0.2) is 42.7 Å². The molecular formula is C32H34F4N6O3. The molecule has 0 bridgehead atoms. The lowest BCUT2D eigenvalue weighted by Crippen LogP contribution is -2.35. The van der Waals surface area contributed by atoms with Gasteiger partial charge in [-0.2, -0.15) is 13.2 Å². The summed E-state index contributed by atoms with van der Waals surface area (Å²) in [6.07, 6.45) is 2.88. The van der Waals surface area contributed by atoms with Gasteiger partial charge in [0.05, 0.1) is 42.4 Å². The molecule has 3 fully saturated rings. The van der Waals surface area contributed by atoms with Gasteiger partial charge in [0.15, 0.2) is 5.82 Å². The van der Waals surface area contributed by atoms with Crippen LogP contribution in [0.5, 0.6) is 5.75 Å². The Morgan fingerprint density at radius 1 is 1.04 bits per heavy atom. The Balaban J connectivity index is 1.26. The van der Waals surface area contributed by atoms with Crippen LogP contribution in [0.1, 0.15) is 49.3 Å². The maximum Gasteiger partial charge on any atom is 0.419 e. The number of aromatic nitrogens is 2. The largest absolute Gasteiger partial charge is 0.494 e. The molecule has 1 saturated carbocycles. The number of hydrogen-bond acceptors (Lipinski definition) is 8. The average molecular weight is 627 g/mol. The van der Waals surface area contributed by atoms with E-state index in [1.54, 1.807) is 19.2 Å². The van der Waals surface area contributed by atoms with Gasteiger partial charge in [-0.15, -0.1) is 0 Å². The number of piperidine rings is 1. The molecule has 238 valence electrons. The number of amides is 1. The molecule has 45 heavy (non-hydrogen) atoms. The summed E-state index contributed by atoms with van der Waals surface area (Å²) in [5.74, 6) is 1.07. The molecule has 0 unspecified atom stereocenters. The molecule has 2 aliphatic heterocycles. The summed E-state index contributed by atoms with van der Waals surface area (Å²) >= 11 is 0. The first kappa shape index (κ1) is 30.6. The normalized spacial score (nSPS) is 19.0. The third-order valence-electron chi connectivity index (χ3n) is 8.66. The van der Waals surface area contributed by atoms with Crippen molar-refractivity contribution in [3.8, 4) is 5.75 Å². The number of benzene rings is 2. The number of carbonyl (C=O) groups is 1. The van der Waals surface area contributed by atoms with E-state index in [9.17, 15) is 22.4 Å². The van der Waals surface area contributed by atoms with Gasteiger partial charge in [0, 0.05) is 31.6 Å². The molecule has 2 aromatic carbocycles. The van der Waals surface area contributed by atoms with Gasteiger partial charge in [-0.05, 0) is 67.4 Å². The third kappa shape index (κ3) is 6.68. The third-order valence-corrected chi connectivity index (χ3v) is 8.66. The van der Waals surface area contributed by atoms with Crippen molar-refractivity contribution in [2.24, 2.45) is 11.8 Å². The van der Waals surface area contributed by atoms with Crippen LogP contribution in [0, 0.1) is 17.7 Å². The second kappa shape index (κ2) is 12.5. The maximum absolute atomic E-state index is 14.0. The Bertz CT molecular complexity index is 1570. The Kier molecular flexibility index (Phi) is 8.54. The number of rotatable bonds is 9. The van der Waals surface area contributed by atoms with Crippen LogP contribution in [0.3, 0.4) is 0 Å². The number of nitrogens with one attached hydrogen (secondary N) is 2. The molecule has 13 heteroatoms. The lowest BCUT2D eigenvalue weighted by atomic mass is 9.92.